The Hall–Kier alpha value is -5.34. The average Bonchev–Trinajstić information content (AvgIpc) is 2.98. The average molecular weight is 495 g/mol. The predicted molar refractivity (Wildman–Crippen MR) is 143 cm³/mol. The van der Waals surface area contributed by atoms with Gasteiger partial charge in [0.1, 0.15) is 6.07 Å². The number of pyridine rings is 1. The summed E-state index contributed by atoms with van der Waals surface area (Å²) >= 11 is 0. The van der Waals surface area contributed by atoms with Gasteiger partial charge in [0.15, 0.2) is 0 Å². The Balaban J connectivity index is 1.84. The molecule has 1 atom stereocenters. The lowest BCUT2D eigenvalue weighted by Crippen LogP contribution is -2.47. The predicted octanol–water partition coefficient (Wildman–Crippen LogP) is 5.29. The van der Waals surface area contributed by atoms with Gasteiger partial charge >= 0.3 is 6.04 Å². The van der Waals surface area contributed by atoms with Crippen molar-refractivity contribution in [3.63, 3.8) is 0 Å². The largest absolute Gasteiger partial charge is 0.545 e. The van der Waals surface area contributed by atoms with E-state index in [4.69, 9.17) is 0 Å². The zero-order chi connectivity index (χ0) is 26.5. The number of nitrogens with zero attached hydrogens (tertiary/aromatic N) is 2. The van der Waals surface area contributed by atoms with Crippen molar-refractivity contribution in [2.24, 2.45) is 0 Å². The first-order chi connectivity index (χ1) is 18.6. The van der Waals surface area contributed by atoms with Gasteiger partial charge in [-0.1, -0.05) is 91.0 Å². The van der Waals surface area contributed by atoms with Crippen molar-refractivity contribution < 1.29 is 19.3 Å². The number of carbonyl (C=O) groups is 2. The summed E-state index contributed by atoms with van der Waals surface area (Å²) in [4.78, 5) is 25.7. The number of rotatable bonds is 7. The number of ketones is 1. The fraction of sp³-hybridized carbons (Fsp3) is 0.0303. The Morgan fingerprint density at radius 2 is 1.03 bits per heavy atom. The first kappa shape index (κ1) is 24.4. The number of benzene rings is 4. The molecule has 0 fully saturated rings. The molecule has 1 heterocycles. The Morgan fingerprint density at radius 3 is 1.47 bits per heavy atom. The van der Waals surface area contributed by atoms with Gasteiger partial charge in [-0.3, -0.25) is 4.79 Å². The van der Waals surface area contributed by atoms with Crippen molar-refractivity contribution in [3.05, 3.63) is 139 Å². The van der Waals surface area contributed by atoms with Crippen LogP contribution in [0.3, 0.4) is 0 Å². The highest BCUT2D eigenvalue weighted by atomic mass is 16.4. The number of carboxylic acids is 1. The molecule has 0 radical (unpaired) electrons. The molecular formula is C33H22N2O3. The van der Waals surface area contributed by atoms with Crippen LogP contribution in [0.2, 0.25) is 0 Å². The van der Waals surface area contributed by atoms with Gasteiger partial charge in [-0.2, -0.15) is 9.83 Å². The Morgan fingerprint density at radius 1 is 0.605 bits per heavy atom. The zero-order valence-electron chi connectivity index (χ0n) is 20.3. The first-order valence-corrected chi connectivity index (χ1v) is 12.1. The molecule has 0 aliphatic carbocycles. The maximum Gasteiger partial charge on any atom is 0.307 e. The summed E-state index contributed by atoms with van der Waals surface area (Å²) < 4.78 is 1.70. The number of aromatic carboxylic acids is 1. The number of carbonyl (C=O) groups excluding carboxylic acids is 2. The molecule has 0 N–H and O–H groups in total. The van der Waals surface area contributed by atoms with Gasteiger partial charge in [0, 0.05) is 34.4 Å². The standard InChI is InChI=1S/C33H22N2O3/c34-22-31(32(36)27-18-10-11-19-28(27)33(37)38)35-29(24-14-6-2-7-15-24)20-26(23-12-4-1-5-13-23)21-30(35)25-16-8-3-9-17-25/h1-21,31H. The number of hydrogen-bond donors (Lipinski definition) is 0. The van der Waals surface area contributed by atoms with Crippen LogP contribution in [0.4, 0.5) is 0 Å². The van der Waals surface area contributed by atoms with E-state index in [1.807, 2.05) is 103 Å². The summed E-state index contributed by atoms with van der Waals surface area (Å²) in [5, 5.41) is 22.2. The van der Waals surface area contributed by atoms with Crippen LogP contribution in [-0.2, 0) is 0 Å². The second kappa shape index (κ2) is 10.7. The van der Waals surface area contributed by atoms with E-state index in [2.05, 4.69) is 6.07 Å². The lowest BCUT2D eigenvalue weighted by Gasteiger charge is -2.17. The molecule has 0 aliphatic heterocycles. The van der Waals surface area contributed by atoms with E-state index in [0.29, 0.717) is 11.4 Å². The Bertz CT molecular complexity index is 1600. The van der Waals surface area contributed by atoms with Gasteiger partial charge in [-0.25, -0.2) is 0 Å². The summed E-state index contributed by atoms with van der Waals surface area (Å²) in [7, 11) is 0. The molecular weight excluding hydrogens is 472 g/mol. The molecule has 5 rings (SSSR count). The fourth-order valence-electron chi connectivity index (χ4n) is 4.60. The maximum atomic E-state index is 13.9. The van der Waals surface area contributed by atoms with Gasteiger partial charge in [0.25, 0.3) is 0 Å². The van der Waals surface area contributed by atoms with E-state index in [-0.39, 0.29) is 11.1 Å². The minimum atomic E-state index is -1.47. The number of hydrogen-bond acceptors (Lipinski definition) is 4. The van der Waals surface area contributed by atoms with Crippen molar-refractivity contribution in [2.45, 2.75) is 6.04 Å². The van der Waals surface area contributed by atoms with E-state index in [1.54, 1.807) is 10.6 Å². The quantitative estimate of drug-likeness (QED) is 0.227. The van der Waals surface area contributed by atoms with Gasteiger partial charge < -0.3 is 9.90 Å². The topological polar surface area (TPSA) is 84.9 Å². The monoisotopic (exact) mass is 494 g/mol. The highest BCUT2D eigenvalue weighted by Crippen LogP contribution is 2.31. The molecule has 0 spiro atoms. The normalized spacial score (nSPS) is 11.3. The smallest absolute Gasteiger partial charge is 0.307 e. The molecule has 0 saturated carbocycles. The summed E-state index contributed by atoms with van der Waals surface area (Å²) in [5.74, 6) is -2.10. The third-order valence-corrected chi connectivity index (χ3v) is 6.39. The van der Waals surface area contributed by atoms with Gasteiger partial charge in [0.05, 0.1) is 5.97 Å². The first-order valence-electron chi connectivity index (χ1n) is 12.1. The highest BCUT2D eigenvalue weighted by molar-refractivity contribution is 6.07. The van der Waals surface area contributed by atoms with Crippen LogP contribution < -0.4 is 9.67 Å². The van der Waals surface area contributed by atoms with E-state index >= 15 is 0 Å². The molecule has 38 heavy (non-hydrogen) atoms. The van der Waals surface area contributed by atoms with Gasteiger partial charge in [-0.05, 0) is 35.4 Å². The molecule has 5 nitrogen and oxygen atoms in total. The lowest BCUT2D eigenvalue weighted by atomic mass is 9.95. The minimum absolute atomic E-state index is 0.0725. The summed E-state index contributed by atoms with van der Waals surface area (Å²) in [6, 6.07) is 39.5. The highest BCUT2D eigenvalue weighted by Gasteiger charge is 2.37. The number of aromatic nitrogens is 1. The Kier molecular flexibility index (Phi) is 6.88. The molecule has 0 bridgehead atoms. The summed E-state index contributed by atoms with van der Waals surface area (Å²) in [6.07, 6.45) is 0. The molecule has 1 aromatic heterocycles. The van der Waals surface area contributed by atoms with Crippen molar-refractivity contribution in [3.8, 4) is 39.7 Å². The molecule has 5 aromatic rings. The van der Waals surface area contributed by atoms with Crippen LogP contribution in [0.15, 0.2) is 127 Å². The third-order valence-electron chi connectivity index (χ3n) is 6.39. The molecule has 0 amide bonds. The van der Waals surface area contributed by atoms with Crippen LogP contribution >= 0.6 is 0 Å². The van der Waals surface area contributed by atoms with Gasteiger partial charge in [-0.15, -0.1) is 0 Å². The van der Waals surface area contributed by atoms with Crippen LogP contribution in [-0.4, -0.2) is 11.8 Å². The van der Waals surface area contributed by atoms with Crippen LogP contribution in [0, 0.1) is 11.3 Å². The van der Waals surface area contributed by atoms with Crippen molar-refractivity contribution in [1.29, 1.82) is 5.26 Å². The summed E-state index contributed by atoms with van der Waals surface area (Å²) in [6.45, 7) is 0. The molecule has 4 aromatic carbocycles. The van der Waals surface area contributed by atoms with Crippen molar-refractivity contribution >= 4 is 11.8 Å². The van der Waals surface area contributed by atoms with Crippen LogP contribution in [0.25, 0.3) is 33.6 Å². The molecule has 1 unspecified atom stereocenters. The lowest BCUT2D eigenvalue weighted by molar-refractivity contribution is -0.674. The second-order valence-corrected chi connectivity index (χ2v) is 8.71. The van der Waals surface area contributed by atoms with Crippen molar-refractivity contribution in [2.75, 3.05) is 0 Å². The maximum absolute atomic E-state index is 13.9. The summed E-state index contributed by atoms with van der Waals surface area (Å²) in [5.41, 5.74) is 4.49. The van der Waals surface area contributed by atoms with Crippen LogP contribution in [0.1, 0.15) is 26.8 Å². The third kappa shape index (κ3) is 4.71. The zero-order valence-corrected chi connectivity index (χ0v) is 20.3. The van der Waals surface area contributed by atoms with E-state index in [1.165, 1.54) is 18.2 Å². The number of nitriles is 1. The molecule has 0 aliphatic rings. The van der Waals surface area contributed by atoms with Gasteiger partial charge in [0.2, 0.25) is 17.2 Å². The number of carboxylic acid groups (broad SMARTS) is 1. The fourth-order valence-corrected chi connectivity index (χ4v) is 4.60. The van der Waals surface area contributed by atoms with E-state index in [9.17, 15) is 20.0 Å². The molecule has 0 saturated heterocycles. The van der Waals surface area contributed by atoms with Crippen molar-refractivity contribution in [1.82, 2.24) is 0 Å². The molecule has 5 heteroatoms. The number of Topliss-reactive ketones (excluding diaryl/α,β-unsaturated/α-hetero) is 1. The second-order valence-electron chi connectivity index (χ2n) is 8.71. The molecule has 182 valence electrons. The Labute approximate surface area is 220 Å². The van der Waals surface area contributed by atoms with Crippen LogP contribution in [0.5, 0.6) is 0 Å². The van der Waals surface area contributed by atoms with E-state index in [0.717, 1.165) is 22.3 Å². The van der Waals surface area contributed by atoms with E-state index < -0.39 is 17.8 Å². The minimum Gasteiger partial charge on any atom is -0.545 e. The SMILES string of the molecule is N#CC(C(=O)c1ccccc1C(=O)[O-])[n+]1c(-c2ccccc2)cc(-c2ccccc2)cc1-c1ccccc1.